The van der Waals surface area contributed by atoms with Crippen molar-refractivity contribution in [2.75, 3.05) is 6.61 Å². The van der Waals surface area contributed by atoms with Crippen LogP contribution in [0.25, 0.3) is 16.4 Å². The third-order valence-corrected chi connectivity index (χ3v) is 3.08. The molecule has 0 N–H and O–H groups in total. The summed E-state index contributed by atoms with van der Waals surface area (Å²) < 4.78 is 6.75. The maximum atomic E-state index is 11.8. The molecular weight excluding hydrogens is 254 g/mol. The van der Waals surface area contributed by atoms with E-state index in [2.05, 4.69) is 11.1 Å². The highest BCUT2D eigenvalue weighted by Gasteiger charge is 2.12. The highest BCUT2D eigenvalue weighted by molar-refractivity contribution is 5.99. The number of benzene rings is 1. The average molecular weight is 265 g/mol. The molecule has 0 aliphatic carbocycles. The van der Waals surface area contributed by atoms with E-state index in [9.17, 15) is 4.79 Å². The predicted octanol–water partition coefficient (Wildman–Crippen LogP) is 2.54. The number of nitrogens with zero attached hydrogens (tertiary/aromatic N) is 3. The van der Waals surface area contributed by atoms with Crippen LogP contribution in [0.4, 0.5) is 0 Å². The van der Waals surface area contributed by atoms with Gasteiger partial charge in [0.15, 0.2) is 0 Å². The van der Waals surface area contributed by atoms with E-state index < -0.39 is 0 Å². The second kappa shape index (κ2) is 4.67. The third-order valence-electron chi connectivity index (χ3n) is 3.08. The Labute approximate surface area is 115 Å². The summed E-state index contributed by atoms with van der Waals surface area (Å²) in [5, 5.41) is 9.82. The van der Waals surface area contributed by atoms with Gasteiger partial charge < -0.3 is 9.14 Å². The van der Waals surface area contributed by atoms with Crippen LogP contribution in [-0.2, 0) is 4.74 Å². The topological polar surface area (TPSA) is 67.4 Å². The molecule has 0 bridgehead atoms. The van der Waals surface area contributed by atoms with Gasteiger partial charge in [-0.2, -0.15) is 5.26 Å². The van der Waals surface area contributed by atoms with E-state index in [0.29, 0.717) is 17.7 Å². The standard InChI is InChI=1S/C15H11N3O2/c1-2-20-15(19)11-6-14-12-5-10(7-16)3-4-13(12)17-9-18(14)8-11/h3-6,8-9H,2H2,1H3. The minimum absolute atomic E-state index is 0.336. The monoisotopic (exact) mass is 265 g/mol. The second-order valence-corrected chi connectivity index (χ2v) is 4.33. The third kappa shape index (κ3) is 1.88. The van der Waals surface area contributed by atoms with Crippen molar-refractivity contribution in [3.8, 4) is 6.07 Å². The zero-order valence-electron chi connectivity index (χ0n) is 10.8. The fourth-order valence-electron chi connectivity index (χ4n) is 2.16. The zero-order valence-corrected chi connectivity index (χ0v) is 10.8. The molecule has 5 nitrogen and oxygen atoms in total. The van der Waals surface area contributed by atoms with Gasteiger partial charge >= 0.3 is 5.97 Å². The minimum Gasteiger partial charge on any atom is -0.462 e. The van der Waals surface area contributed by atoms with Gasteiger partial charge in [0.25, 0.3) is 0 Å². The number of carbonyl (C=O) groups excluding carboxylic acids is 1. The molecule has 3 rings (SSSR count). The Morgan fingerprint density at radius 2 is 2.30 bits per heavy atom. The number of aromatic nitrogens is 2. The molecule has 2 aromatic heterocycles. The van der Waals surface area contributed by atoms with Crippen LogP contribution in [0.5, 0.6) is 0 Å². The number of rotatable bonds is 2. The maximum Gasteiger partial charge on any atom is 0.339 e. The number of nitriles is 1. The molecule has 3 aromatic rings. The van der Waals surface area contributed by atoms with Crippen molar-refractivity contribution in [2.24, 2.45) is 0 Å². The fourth-order valence-corrected chi connectivity index (χ4v) is 2.16. The Balaban J connectivity index is 2.25. The molecule has 0 aliphatic heterocycles. The Morgan fingerprint density at radius 3 is 3.05 bits per heavy atom. The summed E-state index contributed by atoms with van der Waals surface area (Å²) in [6, 6.07) is 9.15. The van der Waals surface area contributed by atoms with Crippen LogP contribution in [0.1, 0.15) is 22.8 Å². The summed E-state index contributed by atoms with van der Waals surface area (Å²) in [5.74, 6) is -0.360. The lowest BCUT2D eigenvalue weighted by atomic mass is 10.1. The summed E-state index contributed by atoms with van der Waals surface area (Å²) in [6.07, 6.45) is 3.32. The van der Waals surface area contributed by atoms with Crippen LogP contribution < -0.4 is 0 Å². The smallest absolute Gasteiger partial charge is 0.339 e. The highest BCUT2D eigenvalue weighted by atomic mass is 16.5. The number of hydrogen-bond donors (Lipinski definition) is 0. The van der Waals surface area contributed by atoms with Gasteiger partial charge in [0.05, 0.1) is 41.2 Å². The van der Waals surface area contributed by atoms with E-state index in [1.807, 2.05) is 0 Å². The largest absolute Gasteiger partial charge is 0.462 e. The van der Waals surface area contributed by atoms with Crippen LogP contribution >= 0.6 is 0 Å². The summed E-state index contributed by atoms with van der Waals surface area (Å²) in [4.78, 5) is 16.1. The van der Waals surface area contributed by atoms with Crippen LogP contribution in [0.15, 0.2) is 36.8 Å². The van der Waals surface area contributed by atoms with Crippen molar-refractivity contribution in [3.63, 3.8) is 0 Å². The van der Waals surface area contributed by atoms with Gasteiger partial charge in [0.2, 0.25) is 0 Å². The number of hydrogen-bond acceptors (Lipinski definition) is 4. The predicted molar refractivity (Wildman–Crippen MR) is 73.4 cm³/mol. The number of carbonyl (C=O) groups is 1. The van der Waals surface area contributed by atoms with Gasteiger partial charge in [-0.05, 0) is 31.2 Å². The van der Waals surface area contributed by atoms with Crippen molar-refractivity contribution in [2.45, 2.75) is 6.92 Å². The molecular formula is C15H11N3O2. The molecule has 5 heteroatoms. The number of ether oxygens (including phenoxy) is 1. The summed E-state index contributed by atoms with van der Waals surface area (Å²) in [7, 11) is 0. The van der Waals surface area contributed by atoms with E-state index >= 15 is 0 Å². The molecule has 0 saturated carbocycles. The minimum atomic E-state index is -0.360. The second-order valence-electron chi connectivity index (χ2n) is 4.33. The normalized spacial score (nSPS) is 10.6. The molecule has 0 radical (unpaired) electrons. The van der Waals surface area contributed by atoms with Crippen LogP contribution in [0.3, 0.4) is 0 Å². The molecule has 1 aromatic carbocycles. The molecule has 0 saturated heterocycles. The fraction of sp³-hybridized carbons (Fsp3) is 0.133. The van der Waals surface area contributed by atoms with Crippen molar-refractivity contribution in [1.29, 1.82) is 5.26 Å². The van der Waals surface area contributed by atoms with Gasteiger partial charge in [-0.25, -0.2) is 9.78 Å². The van der Waals surface area contributed by atoms with Gasteiger partial charge in [-0.3, -0.25) is 0 Å². The summed E-state index contributed by atoms with van der Waals surface area (Å²) in [6.45, 7) is 2.10. The van der Waals surface area contributed by atoms with Gasteiger partial charge in [0.1, 0.15) is 0 Å². The Bertz CT molecular complexity index is 859. The van der Waals surface area contributed by atoms with Crippen LogP contribution in [0.2, 0.25) is 0 Å². The van der Waals surface area contributed by atoms with Crippen molar-refractivity contribution >= 4 is 22.4 Å². The molecule has 2 heterocycles. The Morgan fingerprint density at radius 1 is 1.45 bits per heavy atom. The molecule has 98 valence electrons. The molecule has 0 unspecified atom stereocenters. The summed E-state index contributed by atoms with van der Waals surface area (Å²) >= 11 is 0. The molecule has 0 amide bonds. The first-order chi connectivity index (χ1) is 9.72. The molecule has 0 aliphatic rings. The first kappa shape index (κ1) is 12.2. The van der Waals surface area contributed by atoms with Crippen molar-refractivity contribution in [1.82, 2.24) is 9.38 Å². The van der Waals surface area contributed by atoms with Gasteiger partial charge in [0, 0.05) is 11.6 Å². The maximum absolute atomic E-state index is 11.8. The van der Waals surface area contributed by atoms with Crippen LogP contribution in [-0.4, -0.2) is 22.0 Å². The lowest BCUT2D eigenvalue weighted by molar-refractivity contribution is 0.0526. The van der Waals surface area contributed by atoms with Crippen molar-refractivity contribution in [3.05, 3.63) is 47.9 Å². The lowest BCUT2D eigenvalue weighted by Gasteiger charge is -2.00. The Hall–Kier alpha value is -2.87. The number of fused-ring (bicyclic) bond motifs is 3. The Kier molecular flexibility index (Phi) is 2.84. The molecule has 0 spiro atoms. The summed E-state index contributed by atoms with van der Waals surface area (Å²) in [5.41, 5.74) is 2.65. The SMILES string of the molecule is CCOC(=O)c1cc2c3cc(C#N)ccc3ncn2c1. The highest BCUT2D eigenvalue weighted by Crippen LogP contribution is 2.22. The van der Waals surface area contributed by atoms with E-state index in [1.54, 1.807) is 48.1 Å². The van der Waals surface area contributed by atoms with E-state index in [0.717, 1.165) is 16.4 Å². The lowest BCUT2D eigenvalue weighted by Crippen LogP contribution is -2.02. The van der Waals surface area contributed by atoms with E-state index in [4.69, 9.17) is 10.00 Å². The van der Waals surface area contributed by atoms with E-state index in [-0.39, 0.29) is 5.97 Å². The van der Waals surface area contributed by atoms with Crippen LogP contribution in [0, 0.1) is 11.3 Å². The molecule has 0 atom stereocenters. The average Bonchev–Trinajstić information content (AvgIpc) is 2.91. The van der Waals surface area contributed by atoms with Crippen molar-refractivity contribution < 1.29 is 9.53 Å². The first-order valence-electron chi connectivity index (χ1n) is 6.20. The zero-order chi connectivity index (χ0) is 14.1. The quantitative estimate of drug-likeness (QED) is 0.668. The number of esters is 1. The van der Waals surface area contributed by atoms with Gasteiger partial charge in [-0.1, -0.05) is 0 Å². The van der Waals surface area contributed by atoms with Gasteiger partial charge in [-0.15, -0.1) is 0 Å². The molecule has 20 heavy (non-hydrogen) atoms. The first-order valence-corrected chi connectivity index (χ1v) is 6.20. The van der Waals surface area contributed by atoms with E-state index in [1.165, 1.54) is 0 Å². The molecule has 0 fully saturated rings.